The first-order valence-corrected chi connectivity index (χ1v) is 8.72. The molecular weight excluding hydrogens is 160 g/mol. The summed E-state index contributed by atoms with van der Waals surface area (Å²) in [6, 6.07) is 2.52. The molecule has 0 unspecified atom stereocenters. The highest BCUT2D eigenvalue weighted by atomic mass is 28.4. The second-order valence-electron chi connectivity index (χ2n) is 2.65. The van der Waals surface area contributed by atoms with Crippen LogP contribution in [0.4, 0.5) is 0 Å². The van der Waals surface area contributed by atoms with Crippen LogP contribution < -0.4 is 0 Å². The van der Waals surface area contributed by atoms with Gasteiger partial charge in [0.05, 0.1) is 0 Å². The topological polar surface area (TPSA) is 18.5 Å². The van der Waals surface area contributed by atoms with Crippen LogP contribution in [0.3, 0.4) is 0 Å². The molecule has 0 N–H and O–H groups in total. The summed E-state index contributed by atoms with van der Waals surface area (Å²) in [6.07, 6.45) is 0. The van der Waals surface area contributed by atoms with Crippen LogP contribution in [-0.4, -0.2) is 32.3 Å². The fraction of sp³-hybridized carbons (Fsp3) is 1.00. The highest BCUT2D eigenvalue weighted by Gasteiger charge is 2.27. The van der Waals surface area contributed by atoms with Gasteiger partial charge in [0.2, 0.25) is 0 Å². The Hall–Kier alpha value is 0.354. The van der Waals surface area contributed by atoms with E-state index in [4.69, 9.17) is 8.85 Å². The van der Waals surface area contributed by atoms with Crippen molar-refractivity contribution in [2.45, 2.75) is 25.2 Å². The van der Waals surface area contributed by atoms with E-state index in [9.17, 15) is 0 Å². The SMILES string of the molecule is CO[Si](C)(CC[SiH2]C)OC. The molecule has 0 amide bonds. The van der Waals surface area contributed by atoms with Gasteiger partial charge in [0, 0.05) is 23.7 Å². The lowest BCUT2D eigenvalue weighted by molar-refractivity contribution is 0.251. The van der Waals surface area contributed by atoms with E-state index in [1.807, 2.05) is 0 Å². The second kappa shape index (κ2) is 5.06. The van der Waals surface area contributed by atoms with Crippen molar-refractivity contribution in [2.75, 3.05) is 14.2 Å². The highest BCUT2D eigenvalue weighted by Crippen LogP contribution is 2.13. The van der Waals surface area contributed by atoms with Gasteiger partial charge in [-0.3, -0.25) is 0 Å². The van der Waals surface area contributed by atoms with Gasteiger partial charge in [-0.15, -0.1) is 0 Å². The average Bonchev–Trinajstić information content (AvgIpc) is 2.00. The predicted molar refractivity (Wildman–Crippen MR) is 49.7 cm³/mol. The zero-order valence-corrected chi connectivity index (χ0v) is 9.85. The summed E-state index contributed by atoms with van der Waals surface area (Å²) in [5.41, 5.74) is 0. The molecule has 10 heavy (non-hydrogen) atoms. The first kappa shape index (κ1) is 10.4. The van der Waals surface area contributed by atoms with E-state index in [-0.39, 0.29) is 9.52 Å². The van der Waals surface area contributed by atoms with Crippen LogP contribution in [0.2, 0.25) is 25.2 Å². The maximum absolute atomic E-state index is 5.33. The summed E-state index contributed by atoms with van der Waals surface area (Å²) < 4.78 is 10.7. The van der Waals surface area contributed by atoms with E-state index in [0.29, 0.717) is 0 Å². The molecule has 4 heteroatoms. The van der Waals surface area contributed by atoms with Crippen molar-refractivity contribution in [3.05, 3.63) is 0 Å². The second-order valence-corrected chi connectivity index (χ2v) is 7.94. The molecule has 0 aliphatic carbocycles. The Morgan fingerprint density at radius 1 is 1.30 bits per heavy atom. The molecule has 0 rings (SSSR count). The van der Waals surface area contributed by atoms with Crippen molar-refractivity contribution < 1.29 is 8.85 Å². The quantitative estimate of drug-likeness (QED) is 0.585. The Labute approximate surface area is 67.0 Å². The van der Waals surface area contributed by atoms with Crippen molar-refractivity contribution in [3.8, 4) is 0 Å². The molecule has 0 aliphatic rings. The summed E-state index contributed by atoms with van der Waals surface area (Å²) in [5, 5.41) is 0. The minimum absolute atomic E-state index is 0.190. The van der Waals surface area contributed by atoms with Crippen molar-refractivity contribution in [2.24, 2.45) is 0 Å². The standard InChI is InChI=1S/C6H18O2Si2/c1-7-10(4,8-2)6-5-9-3/h5-6,9H2,1-4H3. The van der Waals surface area contributed by atoms with E-state index in [2.05, 4.69) is 13.1 Å². The molecule has 0 aliphatic heterocycles. The molecular formula is C6H18O2Si2. The number of hydrogen-bond acceptors (Lipinski definition) is 2. The van der Waals surface area contributed by atoms with Gasteiger partial charge in [0.25, 0.3) is 0 Å². The maximum atomic E-state index is 5.33. The smallest absolute Gasteiger partial charge is 0.334 e. The van der Waals surface area contributed by atoms with Crippen LogP contribution in [0.15, 0.2) is 0 Å². The predicted octanol–water partition coefficient (Wildman–Crippen LogP) is 0.986. The minimum Gasteiger partial charge on any atom is -0.398 e. The van der Waals surface area contributed by atoms with Crippen LogP contribution in [0.25, 0.3) is 0 Å². The third kappa shape index (κ3) is 3.50. The summed E-state index contributed by atoms with van der Waals surface area (Å²) in [7, 11) is 2.02. The molecule has 0 aromatic heterocycles. The van der Waals surface area contributed by atoms with Gasteiger partial charge < -0.3 is 8.85 Å². The Kier molecular flexibility index (Phi) is 5.24. The largest absolute Gasteiger partial charge is 0.398 e. The minimum atomic E-state index is -1.68. The summed E-state index contributed by atoms with van der Waals surface area (Å²) in [5.74, 6) is 0. The van der Waals surface area contributed by atoms with E-state index in [1.54, 1.807) is 14.2 Å². The van der Waals surface area contributed by atoms with E-state index >= 15 is 0 Å². The van der Waals surface area contributed by atoms with Crippen molar-refractivity contribution in [3.63, 3.8) is 0 Å². The molecule has 0 aromatic carbocycles. The van der Waals surface area contributed by atoms with Crippen molar-refractivity contribution in [1.82, 2.24) is 0 Å². The van der Waals surface area contributed by atoms with Crippen LogP contribution in [0.1, 0.15) is 0 Å². The average molecular weight is 178 g/mol. The lowest BCUT2D eigenvalue weighted by Gasteiger charge is -2.21. The van der Waals surface area contributed by atoms with Crippen molar-refractivity contribution >= 4 is 18.1 Å². The molecule has 0 bridgehead atoms. The highest BCUT2D eigenvalue weighted by molar-refractivity contribution is 6.66. The van der Waals surface area contributed by atoms with Gasteiger partial charge in [-0.2, -0.15) is 0 Å². The first-order valence-electron chi connectivity index (χ1n) is 3.79. The molecule has 0 heterocycles. The molecule has 0 radical (unpaired) electrons. The molecule has 0 saturated carbocycles. The first-order chi connectivity index (χ1) is 4.68. The lowest BCUT2D eigenvalue weighted by atomic mass is 10.9. The molecule has 2 nitrogen and oxygen atoms in total. The Bertz CT molecular complexity index is 83.8. The fourth-order valence-corrected chi connectivity index (χ4v) is 5.34. The molecule has 0 spiro atoms. The zero-order chi connectivity index (χ0) is 8.04. The van der Waals surface area contributed by atoms with E-state index in [1.165, 1.54) is 12.1 Å². The zero-order valence-electron chi connectivity index (χ0n) is 7.44. The third-order valence-corrected chi connectivity index (χ3v) is 6.60. The van der Waals surface area contributed by atoms with Gasteiger partial charge in [0.1, 0.15) is 0 Å². The summed E-state index contributed by atoms with van der Waals surface area (Å²) in [6.45, 7) is 4.44. The molecule has 0 saturated heterocycles. The molecule has 0 atom stereocenters. The maximum Gasteiger partial charge on any atom is 0.334 e. The van der Waals surface area contributed by atoms with Gasteiger partial charge >= 0.3 is 8.56 Å². The van der Waals surface area contributed by atoms with E-state index < -0.39 is 8.56 Å². The third-order valence-electron chi connectivity index (χ3n) is 1.85. The van der Waals surface area contributed by atoms with Crippen molar-refractivity contribution in [1.29, 1.82) is 0 Å². The molecule has 0 fully saturated rings. The van der Waals surface area contributed by atoms with Gasteiger partial charge in [-0.25, -0.2) is 0 Å². The number of hydrogen-bond donors (Lipinski definition) is 0. The Morgan fingerprint density at radius 3 is 2.10 bits per heavy atom. The molecule has 62 valence electrons. The fourth-order valence-electron chi connectivity index (χ4n) is 0.785. The van der Waals surface area contributed by atoms with E-state index in [0.717, 1.165) is 0 Å². The van der Waals surface area contributed by atoms with Crippen LogP contribution in [-0.2, 0) is 8.85 Å². The number of rotatable bonds is 5. The lowest BCUT2D eigenvalue weighted by Crippen LogP contribution is -2.35. The van der Waals surface area contributed by atoms with Crippen LogP contribution >= 0.6 is 0 Å². The van der Waals surface area contributed by atoms with Gasteiger partial charge in [-0.1, -0.05) is 12.6 Å². The van der Waals surface area contributed by atoms with Crippen LogP contribution in [0.5, 0.6) is 0 Å². The van der Waals surface area contributed by atoms with Gasteiger partial charge in [0.15, 0.2) is 0 Å². The normalized spacial score (nSPS) is 13.2. The van der Waals surface area contributed by atoms with Gasteiger partial charge in [-0.05, 0) is 12.6 Å². The molecule has 0 aromatic rings. The Balaban J connectivity index is 3.58. The Morgan fingerprint density at radius 2 is 1.80 bits per heavy atom. The van der Waals surface area contributed by atoms with Crippen LogP contribution in [0, 0.1) is 0 Å². The summed E-state index contributed by atoms with van der Waals surface area (Å²) >= 11 is 0. The summed E-state index contributed by atoms with van der Waals surface area (Å²) in [4.78, 5) is 0. The monoisotopic (exact) mass is 178 g/mol.